The van der Waals surface area contributed by atoms with E-state index in [4.69, 9.17) is 14.2 Å². The van der Waals surface area contributed by atoms with Crippen LogP contribution in [0.2, 0.25) is 0 Å². The van der Waals surface area contributed by atoms with E-state index in [0.717, 1.165) is 11.1 Å². The minimum atomic E-state index is -0.719. The second kappa shape index (κ2) is 7.16. The molecule has 2 aromatic carbocycles. The zero-order valence-electron chi connectivity index (χ0n) is 14.0. The summed E-state index contributed by atoms with van der Waals surface area (Å²) < 4.78 is 17.3. The molecule has 24 heavy (non-hydrogen) atoms. The van der Waals surface area contributed by atoms with Gasteiger partial charge in [-0.1, -0.05) is 60.7 Å². The molecular weight excluding hydrogens is 304 g/mol. The van der Waals surface area contributed by atoms with E-state index in [0.29, 0.717) is 13.2 Å². The lowest BCUT2D eigenvalue weighted by atomic mass is 10.00. The van der Waals surface area contributed by atoms with Gasteiger partial charge in [0.1, 0.15) is 11.7 Å². The summed E-state index contributed by atoms with van der Waals surface area (Å²) in [6, 6.07) is 19.6. The van der Waals surface area contributed by atoms with Gasteiger partial charge in [-0.25, -0.2) is 4.79 Å². The molecule has 0 bridgehead atoms. The summed E-state index contributed by atoms with van der Waals surface area (Å²) in [5.74, 6) is -0.367. The molecule has 0 radical (unpaired) electrons. The smallest absolute Gasteiger partial charge is 0.338 e. The van der Waals surface area contributed by atoms with E-state index in [9.17, 15) is 4.79 Å². The topological polar surface area (TPSA) is 44.8 Å². The standard InChI is InChI=1S/C20H22O4/c1-20(2)18(23-14-16-11-7-4-8-12-16)17(19(21)24-20)22-13-15-9-5-3-6-10-15/h3-12,17-18H,13-14H2,1-2H3/t17-,18+/m1/s1. The van der Waals surface area contributed by atoms with Crippen LogP contribution in [0.5, 0.6) is 0 Å². The summed E-state index contributed by atoms with van der Waals surface area (Å²) in [6.45, 7) is 4.47. The van der Waals surface area contributed by atoms with Gasteiger partial charge in [0.15, 0.2) is 6.10 Å². The average Bonchev–Trinajstić information content (AvgIpc) is 2.80. The number of hydrogen-bond donors (Lipinski definition) is 0. The van der Waals surface area contributed by atoms with Crippen LogP contribution in [-0.2, 0) is 32.2 Å². The highest BCUT2D eigenvalue weighted by molar-refractivity contribution is 5.78. The van der Waals surface area contributed by atoms with E-state index in [1.54, 1.807) is 0 Å². The van der Waals surface area contributed by atoms with Crippen molar-refractivity contribution in [1.82, 2.24) is 0 Å². The maximum absolute atomic E-state index is 12.2. The Morgan fingerprint density at radius 2 is 1.38 bits per heavy atom. The van der Waals surface area contributed by atoms with E-state index < -0.39 is 17.8 Å². The molecule has 0 N–H and O–H groups in total. The summed E-state index contributed by atoms with van der Waals surface area (Å²) in [7, 11) is 0. The molecule has 0 spiro atoms. The quantitative estimate of drug-likeness (QED) is 0.762. The first-order valence-electron chi connectivity index (χ1n) is 8.10. The highest BCUT2D eigenvalue weighted by Crippen LogP contribution is 2.32. The number of benzene rings is 2. The maximum Gasteiger partial charge on any atom is 0.338 e. The Morgan fingerprint density at radius 1 is 0.875 bits per heavy atom. The Hall–Kier alpha value is -2.17. The molecule has 0 unspecified atom stereocenters. The van der Waals surface area contributed by atoms with Gasteiger partial charge in [-0.3, -0.25) is 0 Å². The monoisotopic (exact) mass is 326 g/mol. The van der Waals surface area contributed by atoms with Gasteiger partial charge in [0, 0.05) is 0 Å². The molecule has 2 atom stereocenters. The first kappa shape index (κ1) is 16.7. The third-order valence-corrected chi connectivity index (χ3v) is 4.10. The van der Waals surface area contributed by atoms with E-state index in [-0.39, 0.29) is 5.97 Å². The van der Waals surface area contributed by atoms with Crippen molar-refractivity contribution in [3.05, 3.63) is 71.8 Å². The zero-order chi connectivity index (χ0) is 17.0. The SMILES string of the molecule is CC1(C)OC(=O)[C@H](OCc2ccccc2)[C@@H]1OCc1ccccc1. The van der Waals surface area contributed by atoms with Gasteiger partial charge in [-0.05, 0) is 25.0 Å². The van der Waals surface area contributed by atoms with Gasteiger partial charge in [-0.2, -0.15) is 0 Å². The van der Waals surface area contributed by atoms with Crippen molar-refractivity contribution in [2.45, 2.75) is 44.9 Å². The molecule has 0 aromatic heterocycles. The van der Waals surface area contributed by atoms with E-state index >= 15 is 0 Å². The predicted molar refractivity (Wildman–Crippen MR) is 90.2 cm³/mol. The largest absolute Gasteiger partial charge is 0.455 e. The van der Waals surface area contributed by atoms with E-state index in [1.165, 1.54) is 0 Å². The number of carbonyl (C=O) groups excluding carboxylic acids is 1. The van der Waals surface area contributed by atoms with Crippen molar-refractivity contribution in [3.63, 3.8) is 0 Å². The summed E-state index contributed by atoms with van der Waals surface area (Å²) in [6.07, 6.45) is -1.17. The highest BCUT2D eigenvalue weighted by atomic mass is 16.6. The van der Waals surface area contributed by atoms with Gasteiger partial charge in [0.25, 0.3) is 0 Å². The zero-order valence-corrected chi connectivity index (χ0v) is 14.0. The van der Waals surface area contributed by atoms with Crippen LogP contribution in [0.4, 0.5) is 0 Å². The highest BCUT2D eigenvalue weighted by Gasteiger charge is 2.52. The third-order valence-electron chi connectivity index (χ3n) is 4.10. The molecule has 3 rings (SSSR count). The fourth-order valence-corrected chi connectivity index (χ4v) is 2.83. The number of carbonyl (C=O) groups is 1. The first-order valence-corrected chi connectivity index (χ1v) is 8.10. The molecule has 1 fully saturated rings. The maximum atomic E-state index is 12.2. The van der Waals surface area contributed by atoms with Crippen LogP contribution in [0.1, 0.15) is 25.0 Å². The Kier molecular flexibility index (Phi) is 4.97. The lowest BCUT2D eigenvalue weighted by Crippen LogP contribution is -2.41. The second-order valence-electron chi connectivity index (χ2n) is 6.46. The van der Waals surface area contributed by atoms with Gasteiger partial charge in [0.05, 0.1) is 13.2 Å². The fourth-order valence-electron chi connectivity index (χ4n) is 2.83. The van der Waals surface area contributed by atoms with Crippen LogP contribution in [0.15, 0.2) is 60.7 Å². The van der Waals surface area contributed by atoms with Gasteiger partial charge >= 0.3 is 5.97 Å². The molecule has 1 aliphatic heterocycles. The number of ether oxygens (including phenoxy) is 3. The molecule has 0 aliphatic carbocycles. The minimum Gasteiger partial charge on any atom is -0.455 e. The summed E-state index contributed by atoms with van der Waals surface area (Å²) >= 11 is 0. The molecule has 126 valence electrons. The van der Waals surface area contributed by atoms with Gasteiger partial charge in [-0.15, -0.1) is 0 Å². The van der Waals surface area contributed by atoms with Gasteiger partial charge < -0.3 is 14.2 Å². The van der Waals surface area contributed by atoms with Crippen LogP contribution in [0.25, 0.3) is 0 Å². The van der Waals surface area contributed by atoms with Gasteiger partial charge in [0.2, 0.25) is 0 Å². The molecule has 0 saturated carbocycles. The third kappa shape index (κ3) is 3.83. The molecule has 2 aromatic rings. The Labute approximate surface area is 142 Å². The van der Waals surface area contributed by atoms with Crippen molar-refractivity contribution >= 4 is 5.97 Å². The van der Waals surface area contributed by atoms with Crippen LogP contribution < -0.4 is 0 Å². The van der Waals surface area contributed by atoms with E-state index in [2.05, 4.69) is 0 Å². The number of cyclic esters (lactones) is 1. The molecule has 1 saturated heterocycles. The van der Waals surface area contributed by atoms with Crippen LogP contribution in [0, 0.1) is 0 Å². The molecule has 1 heterocycles. The molecule has 0 amide bonds. The van der Waals surface area contributed by atoms with Crippen molar-refractivity contribution in [3.8, 4) is 0 Å². The lowest BCUT2D eigenvalue weighted by molar-refractivity contribution is -0.153. The Bertz CT molecular complexity index is 667. The molecule has 1 aliphatic rings. The lowest BCUT2D eigenvalue weighted by Gasteiger charge is -2.27. The molecule has 4 nitrogen and oxygen atoms in total. The summed E-state index contributed by atoms with van der Waals surface area (Å²) in [5, 5.41) is 0. The van der Waals surface area contributed by atoms with Crippen molar-refractivity contribution in [2.75, 3.05) is 0 Å². The predicted octanol–water partition coefficient (Wildman–Crippen LogP) is 3.49. The van der Waals surface area contributed by atoms with Crippen molar-refractivity contribution < 1.29 is 19.0 Å². The molecular formula is C20H22O4. The Morgan fingerprint density at radius 3 is 1.92 bits per heavy atom. The van der Waals surface area contributed by atoms with Crippen LogP contribution in [0.3, 0.4) is 0 Å². The minimum absolute atomic E-state index is 0.349. The Balaban J connectivity index is 1.67. The number of rotatable bonds is 6. The summed E-state index contributed by atoms with van der Waals surface area (Å²) in [5.41, 5.74) is 1.35. The van der Waals surface area contributed by atoms with Crippen LogP contribution in [-0.4, -0.2) is 23.8 Å². The number of hydrogen-bond acceptors (Lipinski definition) is 4. The van der Waals surface area contributed by atoms with Crippen molar-refractivity contribution in [1.29, 1.82) is 0 Å². The molecule has 4 heteroatoms. The van der Waals surface area contributed by atoms with Crippen LogP contribution >= 0.6 is 0 Å². The number of esters is 1. The first-order chi connectivity index (χ1) is 11.6. The second-order valence-corrected chi connectivity index (χ2v) is 6.46. The normalized spacial score (nSPS) is 22.3. The average molecular weight is 326 g/mol. The van der Waals surface area contributed by atoms with Crippen molar-refractivity contribution in [2.24, 2.45) is 0 Å². The van der Waals surface area contributed by atoms with E-state index in [1.807, 2.05) is 74.5 Å². The summed E-state index contributed by atoms with van der Waals surface area (Å²) in [4.78, 5) is 12.2. The fraction of sp³-hybridized carbons (Fsp3) is 0.350.